The van der Waals surface area contributed by atoms with Crippen molar-refractivity contribution < 1.29 is 14.3 Å². The number of carbonyl (C=O) groups is 2. The minimum absolute atomic E-state index is 0.0508. The van der Waals surface area contributed by atoms with E-state index in [4.69, 9.17) is 16.3 Å². The van der Waals surface area contributed by atoms with Crippen molar-refractivity contribution in [2.75, 3.05) is 13.1 Å². The second-order valence-corrected chi connectivity index (χ2v) is 9.47. The predicted molar refractivity (Wildman–Crippen MR) is 111 cm³/mol. The molecule has 1 aromatic rings. The first-order valence-corrected chi connectivity index (χ1v) is 10.6. The van der Waals surface area contributed by atoms with Gasteiger partial charge >= 0.3 is 6.09 Å². The molecule has 1 heterocycles. The first-order valence-electron chi connectivity index (χ1n) is 10.2. The van der Waals surface area contributed by atoms with Crippen molar-refractivity contribution in [2.24, 2.45) is 0 Å². The van der Waals surface area contributed by atoms with Crippen LogP contribution in [0.4, 0.5) is 4.79 Å². The van der Waals surface area contributed by atoms with Crippen LogP contribution in [-0.2, 0) is 14.9 Å². The van der Waals surface area contributed by atoms with Crippen molar-refractivity contribution in [2.45, 2.75) is 76.4 Å². The Morgan fingerprint density at radius 3 is 2.43 bits per heavy atom. The van der Waals surface area contributed by atoms with E-state index < -0.39 is 11.0 Å². The van der Waals surface area contributed by atoms with Crippen LogP contribution >= 0.6 is 11.6 Å². The number of hydrogen-bond donors (Lipinski definition) is 1. The van der Waals surface area contributed by atoms with E-state index >= 15 is 0 Å². The monoisotopic (exact) mass is 406 g/mol. The number of benzene rings is 1. The number of likely N-dealkylation sites (tertiary alicyclic amines) is 1. The summed E-state index contributed by atoms with van der Waals surface area (Å²) in [5.41, 5.74) is 0.0541. The van der Waals surface area contributed by atoms with Gasteiger partial charge in [0.25, 0.3) is 0 Å². The number of carbonyl (C=O) groups excluding carboxylic acids is 2. The Bertz CT molecular complexity index is 707. The average Bonchev–Trinajstić information content (AvgIpc) is 3.38. The van der Waals surface area contributed by atoms with E-state index in [0.717, 1.165) is 44.1 Å². The van der Waals surface area contributed by atoms with E-state index in [2.05, 4.69) is 5.32 Å². The van der Waals surface area contributed by atoms with Gasteiger partial charge in [-0.25, -0.2) is 4.79 Å². The van der Waals surface area contributed by atoms with Crippen molar-refractivity contribution in [3.63, 3.8) is 0 Å². The number of halogens is 1. The molecule has 2 amide bonds. The minimum Gasteiger partial charge on any atom is -0.444 e. The number of nitrogens with one attached hydrogen (secondary N) is 1. The summed E-state index contributed by atoms with van der Waals surface area (Å²) in [6, 6.07) is 7.51. The number of hydrogen-bond acceptors (Lipinski definition) is 3. The maximum atomic E-state index is 13.1. The highest BCUT2D eigenvalue weighted by atomic mass is 35.5. The molecule has 6 heteroatoms. The van der Waals surface area contributed by atoms with Crippen LogP contribution in [0.3, 0.4) is 0 Å². The Kier molecular flexibility index (Phi) is 6.23. The van der Waals surface area contributed by atoms with Gasteiger partial charge in [-0.1, -0.05) is 36.6 Å². The zero-order chi connectivity index (χ0) is 20.4. The van der Waals surface area contributed by atoms with Gasteiger partial charge in [0.1, 0.15) is 5.60 Å². The molecular weight excluding hydrogens is 376 g/mol. The van der Waals surface area contributed by atoms with E-state index in [-0.39, 0.29) is 18.0 Å². The Morgan fingerprint density at radius 2 is 1.82 bits per heavy atom. The van der Waals surface area contributed by atoms with E-state index in [9.17, 15) is 9.59 Å². The van der Waals surface area contributed by atoms with Gasteiger partial charge < -0.3 is 15.0 Å². The van der Waals surface area contributed by atoms with Crippen LogP contribution in [0.15, 0.2) is 24.3 Å². The van der Waals surface area contributed by atoms with Gasteiger partial charge in [0.15, 0.2) is 0 Å². The van der Waals surface area contributed by atoms with Crippen molar-refractivity contribution in [3.8, 4) is 0 Å². The lowest BCUT2D eigenvalue weighted by atomic mass is 9.94. The fraction of sp³-hybridized carbons (Fsp3) is 0.636. The number of nitrogens with zero attached hydrogens (tertiary/aromatic N) is 1. The van der Waals surface area contributed by atoms with E-state index in [1.807, 2.05) is 45.0 Å². The molecule has 1 unspecified atom stereocenters. The maximum Gasteiger partial charge on any atom is 0.410 e. The van der Waals surface area contributed by atoms with E-state index in [0.29, 0.717) is 18.1 Å². The van der Waals surface area contributed by atoms with Crippen LogP contribution in [0.25, 0.3) is 0 Å². The minimum atomic E-state index is -0.523. The Balaban J connectivity index is 1.66. The van der Waals surface area contributed by atoms with Gasteiger partial charge in [0, 0.05) is 24.2 Å². The van der Waals surface area contributed by atoms with E-state index in [1.165, 1.54) is 0 Å². The summed E-state index contributed by atoms with van der Waals surface area (Å²) >= 11 is 5.99. The molecule has 2 aliphatic rings. The normalized spacial score (nSPS) is 22.0. The molecule has 2 fully saturated rings. The molecule has 0 spiro atoms. The molecule has 154 valence electrons. The van der Waals surface area contributed by atoms with Crippen molar-refractivity contribution in [3.05, 3.63) is 34.9 Å². The number of ether oxygens (including phenoxy) is 1. The summed E-state index contributed by atoms with van der Waals surface area (Å²) < 4.78 is 5.55. The highest BCUT2D eigenvalue weighted by molar-refractivity contribution is 6.30. The smallest absolute Gasteiger partial charge is 0.410 e. The molecule has 3 rings (SSSR count). The van der Waals surface area contributed by atoms with E-state index in [1.54, 1.807) is 4.90 Å². The molecule has 5 nitrogen and oxygen atoms in total. The molecule has 1 atom stereocenters. The lowest BCUT2D eigenvalue weighted by Crippen LogP contribution is -2.50. The summed E-state index contributed by atoms with van der Waals surface area (Å²) in [7, 11) is 0. The Morgan fingerprint density at radius 1 is 1.14 bits per heavy atom. The van der Waals surface area contributed by atoms with Crippen molar-refractivity contribution in [1.82, 2.24) is 10.2 Å². The molecule has 0 bridgehead atoms. The van der Waals surface area contributed by atoms with Gasteiger partial charge in [0.2, 0.25) is 5.91 Å². The third-order valence-corrected chi connectivity index (χ3v) is 5.74. The van der Waals surface area contributed by atoms with Gasteiger partial charge in [-0.3, -0.25) is 4.79 Å². The van der Waals surface area contributed by atoms with Crippen LogP contribution in [0, 0.1) is 0 Å². The quantitative estimate of drug-likeness (QED) is 0.793. The summed E-state index contributed by atoms with van der Waals surface area (Å²) in [6.07, 6.45) is 5.35. The summed E-state index contributed by atoms with van der Waals surface area (Å²) in [4.78, 5) is 27.4. The third kappa shape index (κ3) is 5.19. The van der Waals surface area contributed by atoms with Crippen LogP contribution in [0.5, 0.6) is 0 Å². The second-order valence-electron chi connectivity index (χ2n) is 9.04. The molecule has 1 aromatic carbocycles. The highest BCUT2D eigenvalue weighted by Gasteiger charge is 2.51. The topological polar surface area (TPSA) is 58.6 Å². The summed E-state index contributed by atoms with van der Waals surface area (Å²) in [6.45, 7) is 6.78. The molecule has 1 aliphatic heterocycles. The van der Waals surface area contributed by atoms with Gasteiger partial charge in [-0.05, 0) is 64.2 Å². The van der Waals surface area contributed by atoms with Crippen LogP contribution in [0.1, 0.15) is 64.9 Å². The Hall–Kier alpha value is -1.75. The lowest BCUT2D eigenvalue weighted by Gasteiger charge is -2.33. The zero-order valence-corrected chi connectivity index (χ0v) is 17.8. The maximum absolute atomic E-state index is 13.1. The molecule has 28 heavy (non-hydrogen) atoms. The van der Waals surface area contributed by atoms with Crippen LogP contribution in [0.2, 0.25) is 5.02 Å². The van der Waals surface area contributed by atoms with Gasteiger partial charge in [-0.2, -0.15) is 0 Å². The molecule has 1 aliphatic carbocycles. The fourth-order valence-corrected chi connectivity index (χ4v) is 3.92. The first-order chi connectivity index (χ1) is 13.2. The first kappa shape index (κ1) is 21.0. The molecule has 1 N–H and O–H groups in total. The Labute approximate surface area is 172 Å². The molecular formula is C22H31ClN2O3. The largest absolute Gasteiger partial charge is 0.444 e. The zero-order valence-electron chi connectivity index (χ0n) is 17.1. The average molecular weight is 407 g/mol. The number of amides is 2. The predicted octanol–water partition coefficient (Wildman–Crippen LogP) is 4.67. The molecule has 0 radical (unpaired) electrons. The fourth-order valence-electron chi connectivity index (χ4n) is 3.79. The lowest BCUT2D eigenvalue weighted by molar-refractivity contribution is -0.124. The second kappa shape index (κ2) is 8.32. The summed E-state index contributed by atoms with van der Waals surface area (Å²) in [5.74, 6) is 0.0598. The number of rotatable bonds is 3. The SMILES string of the molecule is CC(C)(C)OC(=O)N1CCCCCC(NC(=O)C2(c3ccc(Cl)cc3)CC2)C1. The molecule has 1 saturated heterocycles. The van der Waals surface area contributed by atoms with Gasteiger partial charge in [0.05, 0.1) is 5.41 Å². The van der Waals surface area contributed by atoms with Crippen molar-refractivity contribution in [1.29, 1.82) is 0 Å². The van der Waals surface area contributed by atoms with Gasteiger partial charge in [-0.15, -0.1) is 0 Å². The molecule has 0 aromatic heterocycles. The van der Waals surface area contributed by atoms with Crippen LogP contribution < -0.4 is 5.32 Å². The standard InChI is InChI=1S/C22H31ClN2O3/c1-21(2,3)28-20(27)25-14-6-4-5-7-18(15-25)24-19(26)22(12-13-22)16-8-10-17(23)11-9-16/h8-11,18H,4-7,12-15H2,1-3H3,(H,24,26). The summed E-state index contributed by atoms with van der Waals surface area (Å²) in [5, 5.41) is 3.90. The highest BCUT2D eigenvalue weighted by Crippen LogP contribution is 2.48. The third-order valence-electron chi connectivity index (χ3n) is 5.49. The van der Waals surface area contributed by atoms with Crippen molar-refractivity contribution >= 4 is 23.6 Å². The molecule has 1 saturated carbocycles. The van der Waals surface area contributed by atoms with Crippen LogP contribution in [-0.4, -0.2) is 41.6 Å².